The van der Waals surface area contributed by atoms with E-state index in [1.807, 2.05) is 12.1 Å². The van der Waals surface area contributed by atoms with E-state index in [9.17, 15) is 9.59 Å². The highest BCUT2D eigenvalue weighted by Crippen LogP contribution is 2.50. The van der Waals surface area contributed by atoms with Crippen LogP contribution >= 0.6 is 0 Å². The van der Waals surface area contributed by atoms with Gasteiger partial charge in [0.1, 0.15) is 0 Å². The first-order valence-electron chi connectivity index (χ1n) is 10.5. The number of benzene rings is 1. The normalized spacial score (nSPS) is 14.3. The van der Waals surface area contributed by atoms with Gasteiger partial charge in [0.2, 0.25) is 17.1 Å². The van der Waals surface area contributed by atoms with Crippen molar-refractivity contribution in [2.24, 2.45) is 0 Å². The number of hydrogen-bond acceptors (Lipinski definition) is 6. The van der Waals surface area contributed by atoms with Gasteiger partial charge >= 0.3 is 0 Å². The van der Waals surface area contributed by atoms with Gasteiger partial charge in [0.15, 0.2) is 17.2 Å². The molecule has 3 rings (SSSR count). The van der Waals surface area contributed by atoms with E-state index in [0.29, 0.717) is 48.7 Å². The number of rotatable bonds is 8. The molecule has 7 heteroatoms. The molecule has 1 N–H and O–H groups in total. The fraction of sp³-hybridized carbons (Fsp3) is 0.360. The summed E-state index contributed by atoms with van der Waals surface area (Å²) in [6.45, 7) is 5.63. The van der Waals surface area contributed by atoms with Crippen LogP contribution in [0.3, 0.4) is 0 Å². The van der Waals surface area contributed by atoms with Crippen molar-refractivity contribution in [1.29, 1.82) is 0 Å². The summed E-state index contributed by atoms with van der Waals surface area (Å²) in [7, 11) is 4.60. The number of methoxy groups -OCH3 is 3. The molecule has 0 aliphatic heterocycles. The topological polar surface area (TPSA) is 83.1 Å². The number of hydrogen-bond donors (Lipinski definition) is 1. The molecule has 2 aromatic carbocycles. The summed E-state index contributed by atoms with van der Waals surface area (Å²) >= 11 is 0. The molecule has 0 spiro atoms. The van der Waals surface area contributed by atoms with Crippen LogP contribution in [0.15, 0.2) is 41.7 Å². The summed E-state index contributed by atoms with van der Waals surface area (Å²) in [4.78, 5) is 24.7. The first-order chi connectivity index (χ1) is 15.4. The maximum absolute atomic E-state index is 12.8. The second kappa shape index (κ2) is 10.2. The van der Waals surface area contributed by atoms with Gasteiger partial charge in [-0.3, -0.25) is 9.59 Å². The maximum atomic E-state index is 12.8. The Morgan fingerprint density at radius 1 is 1.12 bits per heavy atom. The minimum absolute atomic E-state index is 0.171. The van der Waals surface area contributed by atoms with Crippen LogP contribution in [0, 0.1) is 0 Å². The summed E-state index contributed by atoms with van der Waals surface area (Å²) in [6.07, 6.45) is 3.67. The maximum Gasteiger partial charge on any atom is 0.220 e. The molecule has 170 valence electrons. The van der Waals surface area contributed by atoms with E-state index in [1.165, 1.54) is 20.1 Å². The van der Waals surface area contributed by atoms with Crippen LogP contribution in [0.25, 0.3) is 11.1 Å². The SMILES string of the molecule is C=CCCOc1c(OC)c(OC)cc2c1-c1ccc(OC)c(=O)cc1[C@@H](NC(C)=O)CC2. The van der Waals surface area contributed by atoms with E-state index in [0.717, 1.165) is 16.7 Å². The Balaban J connectivity index is 2.38. The van der Waals surface area contributed by atoms with E-state index in [-0.39, 0.29) is 23.1 Å². The third-order valence-electron chi connectivity index (χ3n) is 5.46. The van der Waals surface area contributed by atoms with Gasteiger partial charge < -0.3 is 24.3 Å². The number of carbonyl (C=O) groups is 1. The third kappa shape index (κ3) is 4.56. The van der Waals surface area contributed by atoms with E-state index >= 15 is 0 Å². The minimum Gasteiger partial charge on any atom is -0.493 e. The molecule has 1 aliphatic carbocycles. The first kappa shape index (κ1) is 23.2. The van der Waals surface area contributed by atoms with Gasteiger partial charge in [-0.1, -0.05) is 12.1 Å². The average Bonchev–Trinajstić information content (AvgIpc) is 3.02. The fourth-order valence-corrected chi connectivity index (χ4v) is 4.05. The van der Waals surface area contributed by atoms with E-state index < -0.39 is 0 Å². The van der Waals surface area contributed by atoms with E-state index in [4.69, 9.17) is 18.9 Å². The van der Waals surface area contributed by atoms with Crippen LogP contribution in [0.4, 0.5) is 0 Å². The first-order valence-corrected chi connectivity index (χ1v) is 10.5. The average molecular weight is 440 g/mol. The molecule has 1 aliphatic rings. The van der Waals surface area contributed by atoms with E-state index in [1.54, 1.807) is 26.4 Å². The van der Waals surface area contributed by atoms with E-state index in [2.05, 4.69) is 11.9 Å². The summed E-state index contributed by atoms with van der Waals surface area (Å²) < 4.78 is 22.7. The summed E-state index contributed by atoms with van der Waals surface area (Å²) in [6, 6.07) is 6.59. The monoisotopic (exact) mass is 439 g/mol. The molecule has 1 amide bonds. The van der Waals surface area contributed by atoms with Crippen molar-refractivity contribution in [3.63, 3.8) is 0 Å². The molecule has 0 fully saturated rings. The number of nitrogens with one attached hydrogen (secondary N) is 1. The standard InChI is InChI=1S/C25H29NO6/c1-6-7-12-32-25-23-16(13-22(30-4)24(25)31-5)8-10-19(26-15(2)27)18-14-20(28)21(29-3)11-9-17(18)23/h6,9,11,13-14,19H,1,7-8,10,12H2,2-5H3,(H,26,27)/t19-/m0/s1. The Bertz CT molecular complexity index is 1080. The number of aryl methyl sites for hydroxylation is 1. The molecular weight excluding hydrogens is 410 g/mol. The Hall–Kier alpha value is -3.48. The highest BCUT2D eigenvalue weighted by molar-refractivity contribution is 5.83. The zero-order valence-corrected chi connectivity index (χ0v) is 18.9. The van der Waals surface area contributed by atoms with Gasteiger partial charge in [-0.05, 0) is 54.2 Å². The largest absolute Gasteiger partial charge is 0.493 e. The van der Waals surface area contributed by atoms with Gasteiger partial charge in [0.25, 0.3) is 0 Å². The molecule has 2 aromatic rings. The Labute approximate surface area is 188 Å². The predicted molar refractivity (Wildman–Crippen MR) is 123 cm³/mol. The Morgan fingerprint density at radius 3 is 2.50 bits per heavy atom. The van der Waals surface area contributed by atoms with Crippen LogP contribution < -0.4 is 29.7 Å². The van der Waals surface area contributed by atoms with Crippen LogP contribution in [-0.2, 0) is 11.2 Å². The Kier molecular flexibility index (Phi) is 7.41. The summed E-state index contributed by atoms with van der Waals surface area (Å²) in [5, 5.41) is 2.99. The van der Waals surface area contributed by atoms with Crippen molar-refractivity contribution in [3.8, 4) is 34.1 Å². The lowest BCUT2D eigenvalue weighted by molar-refractivity contribution is -0.119. The molecule has 0 unspecified atom stereocenters. The lowest BCUT2D eigenvalue weighted by atomic mass is 9.95. The van der Waals surface area contributed by atoms with Crippen molar-refractivity contribution in [2.45, 2.75) is 32.2 Å². The summed E-state index contributed by atoms with van der Waals surface area (Å²) in [5.74, 6) is 1.61. The van der Waals surface area contributed by atoms with Crippen molar-refractivity contribution >= 4 is 5.91 Å². The van der Waals surface area contributed by atoms with Crippen LogP contribution in [0.1, 0.15) is 36.9 Å². The van der Waals surface area contributed by atoms with Crippen LogP contribution in [0.2, 0.25) is 0 Å². The lowest BCUT2D eigenvalue weighted by Gasteiger charge is -2.21. The molecule has 0 radical (unpaired) electrons. The number of amides is 1. The number of carbonyl (C=O) groups excluding carboxylic acids is 1. The Morgan fingerprint density at radius 2 is 1.88 bits per heavy atom. The van der Waals surface area contributed by atoms with Gasteiger partial charge in [-0.15, -0.1) is 6.58 Å². The lowest BCUT2D eigenvalue weighted by Crippen LogP contribution is -2.26. The summed E-state index contributed by atoms with van der Waals surface area (Å²) in [5.41, 5.74) is 3.00. The molecule has 0 heterocycles. The van der Waals surface area contributed by atoms with Gasteiger partial charge in [-0.2, -0.15) is 0 Å². The quantitative estimate of drug-likeness (QED) is 0.497. The minimum atomic E-state index is -0.349. The molecule has 0 aromatic heterocycles. The van der Waals surface area contributed by atoms with Gasteiger partial charge in [-0.25, -0.2) is 0 Å². The van der Waals surface area contributed by atoms with Gasteiger partial charge in [0, 0.05) is 12.5 Å². The zero-order chi connectivity index (χ0) is 23.3. The van der Waals surface area contributed by atoms with Crippen LogP contribution in [-0.4, -0.2) is 33.8 Å². The number of fused-ring (bicyclic) bond motifs is 3. The van der Waals surface area contributed by atoms with Crippen molar-refractivity contribution < 1.29 is 23.7 Å². The zero-order valence-electron chi connectivity index (χ0n) is 18.9. The predicted octanol–water partition coefficient (Wildman–Crippen LogP) is 3.82. The molecule has 0 bridgehead atoms. The smallest absolute Gasteiger partial charge is 0.220 e. The number of ether oxygens (including phenoxy) is 4. The molecular formula is C25H29NO6. The molecule has 32 heavy (non-hydrogen) atoms. The molecule has 7 nitrogen and oxygen atoms in total. The highest BCUT2D eigenvalue weighted by atomic mass is 16.5. The highest BCUT2D eigenvalue weighted by Gasteiger charge is 2.29. The van der Waals surface area contributed by atoms with Crippen LogP contribution in [0.5, 0.6) is 23.0 Å². The molecule has 1 atom stereocenters. The van der Waals surface area contributed by atoms with Crippen molar-refractivity contribution in [2.75, 3.05) is 27.9 Å². The van der Waals surface area contributed by atoms with Gasteiger partial charge in [0.05, 0.1) is 34.0 Å². The second-order valence-corrected chi connectivity index (χ2v) is 7.47. The molecule has 0 saturated heterocycles. The van der Waals surface area contributed by atoms with Crippen molar-refractivity contribution in [1.82, 2.24) is 5.32 Å². The second-order valence-electron chi connectivity index (χ2n) is 7.47. The third-order valence-corrected chi connectivity index (χ3v) is 5.46. The molecule has 0 saturated carbocycles. The fourth-order valence-electron chi connectivity index (χ4n) is 4.05. The van der Waals surface area contributed by atoms with Crippen molar-refractivity contribution in [3.05, 3.63) is 58.3 Å².